The molecular weight excluding hydrogens is 209 g/mol. The number of alkyl halides is 1. The number of imide groups is 1. The quantitative estimate of drug-likeness (QED) is 0.757. The first-order chi connectivity index (χ1) is 6.63. The van der Waals surface area contributed by atoms with Gasteiger partial charge in [0.05, 0.1) is 0 Å². The number of hydrogen-bond donors (Lipinski definition) is 1. The second-order valence-electron chi connectivity index (χ2n) is 2.52. The number of nitrogens with one attached hydrogen (secondary N) is 1. The Labute approximate surface area is 84.9 Å². The highest BCUT2D eigenvalue weighted by Gasteiger charge is 2.09. The molecule has 0 heterocycles. The number of rotatable bonds is 2. The van der Waals surface area contributed by atoms with E-state index in [9.17, 15) is 14.0 Å². The molecule has 0 atom stereocenters. The Bertz CT molecular complexity index is 368. The van der Waals surface area contributed by atoms with E-state index in [1.54, 1.807) is 0 Å². The van der Waals surface area contributed by atoms with Gasteiger partial charge >= 0.3 is 0 Å². The van der Waals surface area contributed by atoms with E-state index in [-0.39, 0.29) is 11.4 Å². The fourth-order valence-corrected chi connectivity index (χ4v) is 0.929. The zero-order chi connectivity index (χ0) is 10.6. The van der Waals surface area contributed by atoms with Gasteiger partial charge in [-0.15, -0.1) is 11.6 Å². The van der Waals surface area contributed by atoms with Crippen LogP contribution in [0.3, 0.4) is 0 Å². The summed E-state index contributed by atoms with van der Waals surface area (Å²) in [5.41, 5.74) is 0.0865. The summed E-state index contributed by atoms with van der Waals surface area (Å²) in [6.45, 7) is 0. The molecule has 0 fully saturated rings. The average molecular weight is 216 g/mol. The van der Waals surface area contributed by atoms with Crippen molar-refractivity contribution in [2.24, 2.45) is 0 Å². The summed E-state index contributed by atoms with van der Waals surface area (Å²) in [7, 11) is 0. The van der Waals surface area contributed by atoms with Crippen LogP contribution in [0.4, 0.5) is 4.39 Å². The van der Waals surface area contributed by atoms with Crippen LogP contribution in [0, 0.1) is 5.82 Å². The van der Waals surface area contributed by atoms with E-state index in [2.05, 4.69) is 0 Å². The van der Waals surface area contributed by atoms with Crippen molar-refractivity contribution in [1.29, 1.82) is 0 Å². The van der Waals surface area contributed by atoms with E-state index >= 15 is 0 Å². The summed E-state index contributed by atoms with van der Waals surface area (Å²) in [5.74, 6) is -2.10. The molecule has 1 N–H and O–H groups in total. The molecular formula is C9H7ClFNO2. The lowest BCUT2D eigenvalue weighted by atomic mass is 10.2. The number of carbonyl (C=O) groups excluding carboxylic acids is 2. The summed E-state index contributed by atoms with van der Waals surface area (Å²) in [6, 6.07) is 5.03. The van der Waals surface area contributed by atoms with Gasteiger partial charge in [-0.2, -0.15) is 0 Å². The SMILES string of the molecule is O=C(CCl)NC(=O)c1cccc(F)c1. The maximum absolute atomic E-state index is 12.7. The van der Waals surface area contributed by atoms with Crippen LogP contribution < -0.4 is 5.32 Å². The molecule has 0 spiro atoms. The first-order valence-corrected chi connectivity index (χ1v) is 4.32. The largest absolute Gasteiger partial charge is 0.291 e. The molecule has 14 heavy (non-hydrogen) atoms. The fraction of sp³-hybridized carbons (Fsp3) is 0.111. The molecule has 0 aromatic heterocycles. The Kier molecular flexibility index (Phi) is 3.59. The van der Waals surface area contributed by atoms with E-state index < -0.39 is 17.6 Å². The van der Waals surface area contributed by atoms with Crippen LogP contribution in [0.5, 0.6) is 0 Å². The van der Waals surface area contributed by atoms with Crippen molar-refractivity contribution >= 4 is 23.4 Å². The summed E-state index contributed by atoms with van der Waals surface area (Å²) in [4.78, 5) is 21.9. The van der Waals surface area contributed by atoms with E-state index in [1.165, 1.54) is 18.2 Å². The molecule has 0 radical (unpaired) electrons. The third-order valence-corrected chi connectivity index (χ3v) is 1.70. The number of amides is 2. The van der Waals surface area contributed by atoms with E-state index in [1.807, 2.05) is 5.32 Å². The van der Waals surface area contributed by atoms with E-state index in [0.717, 1.165) is 6.07 Å². The lowest BCUT2D eigenvalue weighted by Gasteiger charge is -2.01. The van der Waals surface area contributed by atoms with Gasteiger partial charge in [0.1, 0.15) is 11.7 Å². The van der Waals surface area contributed by atoms with Gasteiger partial charge < -0.3 is 0 Å². The third-order valence-electron chi connectivity index (χ3n) is 1.46. The summed E-state index contributed by atoms with van der Waals surface area (Å²) in [5, 5.41) is 2.00. The van der Waals surface area contributed by atoms with Crippen molar-refractivity contribution < 1.29 is 14.0 Å². The van der Waals surface area contributed by atoms with Crippen LogP contribution in [0.25, 0.3) is 0 Å². The molecule has 5 heteroatoms. The van der Waals surface area contributed by atoms with Gasteiger partial charge in [0.2, 0.25) is 5.91 Å². The van der Waals surface area contributed by atoms with Crippen LogP contribution in [0.15, 0.2) is 24.3 Å². The maximum atomic E-state index is 12.7. The normalized spacial score (nSPS) is 9.57. The van der Waals surface area contributed by atoms with Gasteiger partial charge in [-0.3, -0.25) is 14.9 Å². The lowest BCUT2D eigenvalue weighted by molar-refractivity contribution is -0.117. The molecule has 74 valence electrons. The van der Waals surface area contributed by atoms with E-state index in [0.29, 0.717) is 0 Å². The number of hydrogen-bond acceptors (Lipinski definition) is 2. The van der Waals surface area contributed by atoms with Gasteiger partial charge in [0, 0.05) is 5.56 Å². The van der Waals surface area contributed by atoms with Crippen LogP contribution in [-0.2, 0) is 4.79 Å². The minimum Gasteiger partial charge on any atom is -0.291 e. The molecule has 0 saturated carbocycles. The second-order valence-corrected chi connectivity index (χ2v) is 2.79. The highest BCUT2D eigenvalue weighted by Crippen LogP contribution is 2.02. The van der Waals surface area contributed by atoms with Gasteiger partial charge in [-0.1, -0.05) is 6.07 Å². The zero-order valence-electron chi connectivity index (χ0n) is 7.09. The minimum absolute atomic E-state index is 0.0865. The Morgan fingerprint density at radius 1 is 1.43 bits per heavy atom. The van der Waals surface area contributed by atoms with Crippen molar-refractivity contribution in [3.63, 3.8) is 0 Å². The predicted octanol–water partition coefficient (Wildman–Crippen LogP) is 1.32. The highest BCUT2D eigenvalue weighted by molar-refractivity contribution is 6.28. The van der Waals surface area contributed by atoms with Crippen LogP contribution in [0.2, 0.25) is 0 Å². The molecule has 0 aliphatic carbocycles. The van der Waals surface area contributed by atoms with Crippen molar-refractivity contribution in [1.82, 2.24) is 5.32 Å². The molecule has 0 aliphatic heterocycles. The standard InChI is InChI=1S/C9H7ClFNO2/c10-5-8(13)12-9(14)6-2-1-3-7(11)4-6/h1-4H,5H2,(H,12,13,14). The molecule has 0 bridgehead atoms. The third kappa shape index (κ3) is 2.81. The van der Waals surface area contributed by atoms with Crippen LogP contribution >= 0.6 is 11.6 Å². The smallest absolute Gasteiger partial charge is 0.257 e. The van der Waals surface area contributed by atoms with Crippen LogP contribution in [0.1, 0.15) is 10.4 Å². The van der Waals surface area contributed by atoms with Crippen LogP contribution in [-0.4, -0.2) is 17.7 Å². The monoisotopic (exact) mass is 215 g/mol. The molecule has 3 nitrogen and oxygen atoms in total. The first kappa shape index (κ1) is 10.7. The average Bonchev–Trinajstić information content (AvgIpc) is 2.17. The Balaban J connectivity index is 2.75. The van der Waals surface area contributed by atoms with Crippen molar-refractivity contribution in [2.75, 3.05) is 5.88 Å². The summed E-state index contributed by atoms with van der Waals surface area (Å²) in [6.07, 6.45) is 0. The molecule has 0 saturated heterocycles. The Morgan fingerprint density at radius 2 is 2.14 bits per heavy atom. The van der Waals surface area contributed by atoms with Gasteiger partial charge in [-0.25, -0.2) is 4.39 Å². The summed E-state index contributed by atoms with van der Waals surface area (Å²) >= 11 is 5.18. The Hall–Kier alpha value is -1.42. The predicted molar refractivity (Wildman–Crippen MR) is 49.6 cm³/mol. The molecule has 0 aliphatic rings. The summed E-state index contributed by atoms with van der Waals surface area (Å²) < 4.78 is 12.7. The number of carbonyl (C=O) groups is 2. The maximum Gasteiger partial charge on any atom is 0.257 e. The van der Waals surface area contributed by atoms with Gasteiger partial charge in [-0.05, 0) is 18.2 Å². The zero-order valence-corrected chi connectivity index (χ0v) is 7.84. The highest BCUT2D eigenvalue weighted by atomic mass is 35.5. The van der Waals surface area contributed by atoms with Gasteiger partial charge in [0.25, 0.3) is 5.91 Å². The first-order valence-electron chi connectivity index (χ1n) is 3.79. The molecule has 0 unspecified atom stereocenters. The molecule has 1 aromatic carbocycles. The molecule has 1 aromatic rings. The minimum atomic E-state index is -0.657. The fourth-order valence-electron chi connectivity index (χ4n) is 0.862. The molecule has 1 rings (SSSR count). The van der Waals surface area contributed by atoms with Crippen molar-refractivity contribution in [3.8, 4) is 0 Å². The van der Waals surface area contributed by atoms with Gasteiger partial charge in [0.15, 0.2) is 0 Å². The number of halogens is 2. The van der Waals surface area contributed by atoms with E-state index in [4.69, 9.17) is 11.6 Å². The molecule has 2 amide bonds. The lowest BCUT2D eigenvalue weighted by Crippen LogP contribution is -2.31. The second kappa shape index (κ2) is 4.72. The topological polar surface area (TPSA) is 46.2 Å². The van der Waals surface area contributed by atoms with Crippen molar-refractivity contribution in [2.45, 2.75) is 0 Å². The number of benzene rings is 1. The Morgan fingerprint density at radius 3 is 2.71 bits per heavy atom. The van der Waals surface area contributed by atoms with Crippen molar-refractivity contribution in [3.05, 3.63) is 35.6 Å².